The van der Waals surface area contributed by atoms with Crippen LogP contribution in [0.3, 0.4) is 0 Å². The highest BCUT2D eigenvalue weighted by atomic mass is 79.9. The molecular weight excluding hydrogens is 264 g/mol. The number of ether oxygens (including phenoxy) is 1. The second kappa shape index (κ2) is 5.83. The second-order valence-corrected chi connectivity index (χ2v) is 5.35. The first-order valence-corrected chi connectivity index (χ1v) is 7.16. The molecule has 1 fully saturated rings. The van der Waals surface area contributed by atoms with Gasteiger partial charge >= 0.3 is 0 Å². The van der Waals surface area contributed by atoms with Crippen LogP contribution in [0.5, 0.6) is 0 Å². The average Bonchev–Trinajstić information content (AvgIpc) is 3.15. The summed E-state index contributed by atoms with van der Waals surface area (Å²) in [5, 5.41) is 0.869. The topological polar surface area (TPSA) is 9.23 Å². The Hall–Kier alpha value is -0.340. The molecule has 2 unspecified atom stereocenters. The molecule has 0 heterocycles. The molecule has 0 amide bonds. The summed E-state index contributed by atoms with van der Waals surface area (Å²) in [4.78, 5) is 0. The third kappa shape index (κ3) is 3.33. The summed E-state index contributed by atoms with van der Waals surface area (Å²) >= 11 is 3.53. The van der Waals surface area contributed by atoms with E-state index in [2.05, 4.69) is 47.1 Å². The van der Waals surface area contributed by atoms with Gasteiger partial charge in [-0.3, -0.25) is 0 Å². The zero-order valence-corrected chi connectivity index (χ0v) is 11.3. The van der Waals surface area contributed by atoms with Gasteiger partial charge in [-0.25, -0.2) is 0 Å². The molecule has 16 heavy (non-hydrogen) atoms. The maximum Gasteiger partial charge on any atom is 0.0921 e. The predicted molar refractivity (Wildman–Crippen MR) is 70.8 cm³/mol. The Morgan fingerprint density at radius 3 is 2.56 bits per heavy atom. The van der Waals surface area contributed by atoms with E-state index in [1.165, 1.54) is 18.4 Å². The molecule has 1 aromatic carbocycles. The SMILES string of the molecule is CC(COC(CBr)c1ccccc1)C1CC1. The molecule has 0 aliphatic heterocycles. The van der Waals surface area contributed by atoms with Gasteiger partial charge in [-0.15, -0.1) is 0 Å². The molecule has 1 saturated carbocycles. The summed E-state index contributed by atoms with van der Waals surface area (Å²) in [5.41, 5.74) is 1.27. The van der Waals surface area contributed by atoms with Crippen molar-refractivity contribution in [3.63, 3.8) is 0 Å². The van der Waals surface area contributed by atoms with Crippen molar-refractivity contribution >= 4 is 15.9 Å². The van der Waals surface area contributed by atoms with Crippen LogP contribution in [-0.4, -0.2) is 11.9 Å². The molecule has 1 aliphatic carbocycles. The van der Waals surface area contributed by atoms with Crippen LogP contribution in [-0.2, 0) is 4.74 Å². The average molecular weight is 283 g/mol. The van der Waals surface area contributed by atoms with Crippen LogP contribution in [0, 0.1) is 11.8 Å². The molecule has 2 atom stereocenters. The monoisotopic (exact) mass is 282 g/mol. The van der Waals surface area contributed by atoms with E-state index >= 15 is 0 Å². The van der Waals surface area contributed by atoms with Gasteiger partial charge in [0, 0.05) is 5.33 Å². The van der Waals surface area contributed by atoms with Crippen molar-refractivity contribution in [2.24, 2.45) is 11.8 Å². The first-order valence-electron chi connectivity index (χ1n) is 6.03. The maximum atomic E-state index is 5.99. The highest BCUT2D eigenvalue weighted by Gasteiger charge is 2.28. The minimum Gasteiger partial charge on any atom is -0.372 e. The molecule has 1 aliphatic rings. The molecule has 0 radical (unpaired) electrons. The highest BCUT2D eigenvalue weighted by Crippen LogP contribution is 2.37. The van der Waals surface area contributed by atoms with Crippen molar-refractivity contribution in [2.75, 3.05) is 11.9 Å². The minimum absolute atomic E-state index is 0.197. The lowest BCUT2D eigenvalue weighted by Crippen LogP contribution is -2.13. The van der Waals surface area contributed by atoms with Crippen molar-refractivity contribution in [1.29, 1.82) is 0 Å². The van der Waals surface area contributed by atoms with Gasteiger partial charge in [-0.05, 0) is 30.2 Å². The second-order valence-electron chi connectivity index (χ2n) is 4.70. The quantitative estimate of drug-likeness (QED) is 0.711. The van der Waals surface area contributed by atoms with Gasteiger partial charge in [0.05, 0.1) is 12.7 Å². The molecule has 2 heteroatoms. The summed E-state index contributed by atoms with van der Waals surface area (Å²) < 4.78 is 5.99. The van der Waals surface area contributed by atoms with Crippen molar-refractivity contribution in [1.82, 2.24) is 0 Å². The van der Waals surface area contributed by atoms with Crippen molar-refractivity contribution in [2.45, 2.75) is 25.9 Å². The summed E-state index contributed by atoms with van der Waals surface area (Å²) in [7, 11) is 0. The Labute approximate surface area is 106 Å². The van der Waals surface area contributed by atoms with E-state index in [0.717, 1.165) is 17.9 Å². The fourth-order valence-corrected chi connectivity index (χ4v) is 2.53. The Morgan fingerprint density at radius 1 is 1.31 bits per heavy atom. The number of rotatable bonds is 6. The zero-order chi connectivity index (χ0) is 11.4. The number of benzene rings is 1. The molecular formula is C14H19BrO. The lowest BCUT2D eigenvalue weighted by atomic mass is 10.1. The van der Waals surface area contributed by atoms with Crippen molar-refractivity contribution in [3.8, 4) is 0 Å². The standard InChI is InChI=1S/C14H19BrO/c1-11(12-7-8-12)10-16-14(9-15)13-5-3-2-4-6-13/h2-6,11-12,14H,7-10H2,1H3. The van der Waals surface area contributed by atoms with E-state index in [1.54, 1.807) is 0 Å². The number of alkyl halides is 1. The molecule has 0 aromatic heterocycles. The van der Waals surface area contributed by atoms with Crippen LogP contribution in [0.25, 0.3) is 0 Å². The van der Waals surface area contributed by atoms with Crippen molar-refractivity contribution in [3.05, 3.63) is 35.9 Å². The maximum absolute atomic E-state index is 5.99. The van der Waals surface area contributed by atoms with Gasteiger partial charge in [0.2, 0.25) is 0 Å². The third-order valence-corrected chi connectivity index (χ3v) is 3.89. The zero-order valence-electron chi connectivity index (χ0n) is 9.73. The highest BCUT2D eigenvalue weighted by molar-refractivity contribution is 9.09. The first kappa shape index (κ1) is 12.1. The molecule has 0 bridgehead atoms. The van der Waals surface area contributed by atoms with Crippen LogP contribution < -0.4 is 0 Å². The Bertz CT molecular complexity index is 308. The van der Waals surface area contributed by atoms with E-state index in [9.17, 15) is 0 Å². The summed E-state index contributed by atoms with van der Waals surface area (Å²) in [6.07, 6.45) is 2.99. The number of hydrogen-bond acceptors (Lipinski definition) is 1. The van der Waals surface area contributed by atoms with E-state index in [0.29, 0.717) is 5.92 Å². The van der Waals surface area contributed by atoms with Crippen LogP contribution in [0.4, 0.5) is 0 Å². The minimum atomic E-state index is 0.197. The molecule has 0 saturated heterocycles. The largest absolute Gasteiger partial charge is 0.372 e. The normalized spacial score (nSPS) is 19.4. The van der Waals surface area contributed by atoms with Crippen LogP contribution in [0.2, 0.25) is 0 Å². The lowest BCUT2D eigenvalue weighted by Gasteiger charge is -2.18. The van der Waals surface area contributed by atoms with E-state index in [4.69, 9.17) is 4.74 Å². The smallest absolute Gasteiger partial charge is 0.0921 e. The van der Waals surface area contributed by atoms with Gasteiger partial charge in [-0.1, -0.05) is 53.2 Å². The van der Waals surface area contributed by atoms with Gasteiger partial charge in [0.25, 0.3) is 0 Å². The third-order valence-electron chi connectivity index (χ3n) is 3.30. The molecule has 1 nitrogen and oxygen atoms in total. The van der Waals surface area contributed by atoms with E-state index < -0.39 is 0 Å². The number of halogens is 1. The predicted octanol–water partition coefficient (Wildman–Crippen LogP) is 4.19. The summed E-state index contributed by atoms with van der Waals surface area (Å²) in [6.45, 7) is 3.18. The molecule has 0 spiro atoms. The van der Waals surface area contributed by atoms with Gasteiger partial charge in [0.15, 0.2) is 0 Å². The fourth-order valence-electron chi connectivity index (χ4n) is 1.97. The summed E-state index contributed by atoms with van der Waals surface area (Å²) in [5.74, 6) is 1.64. The summed E-state index contributed by atoms with van der Waals surface area (Å²) in [6, 6.07) is 10.4. The van der Waals surface area contributed by atoms with Gasteiger partial charge in [-0.2, -0.15) is 0 Å². The fraction of sp³-hybridized carbons (Fsp3) is 0.571. The van der Waals surface area contributed by atoms with E-state index in [1.807, 2.05) is 6.07 Å². The Morgan fingerprint density at radius 2 is 2.00 bits per heavy atom. The Balaban J connectivity index is 1.85. The molecule has 88 valence electrons. The molecule has 2 rings (SSSR count). The van der Waals surface area contributed by atoms with Gasteiger partial charge in [0.1, 0.15) is 0 Å². The van der Waals surface area contributed by atoms with Crippen LogP contribution in [0.15, 0.2) is 30.3 Å². The van der Waals surface area contributed by atoms with Gasteiger partial charge < -0.3 is 4.74 Å². The van der Waals surface area contributed by atoms with Crippen LogP contribution >= 0.6 is 15.9 Å². The van der Waals surface area contributed by atoms with E-state index in [-0.39, 0.29) is 6.10 Å². The van der Waals surface area contributed by atoms with Crippen LogP contribution in [0.1, 0.15) is 31.4 Å². The number of hydrogen-bond donors (Lipinski definition) is 0. The lowest BCUT2D eigenvalue weighted by molar-refractivity contribution is 0.0420. The molecule has 0 N–H and O–H groups in total. The Kier molecular flexibility index (Phi) is 4.42. The molecule has 1 aromatic rings. The first-order chi connectivity index (χ1) is 7.81. The van der Waals surface area contributed by atoms with Crippen molar-refractivity contribution < 1.29 is 4.74 Å².